The smallest absolute Gasteiger partial charge is 0.0830 e. The van der Waals surface area contributed by atoms with Crippen molar-refractivity contribution in [2.75, 3.05) is 13.7 Å². The Balaban J connectivity index is 3.68. The predicted octanol–water partition coefficient (Wildman–Crippen LogP) is 0.401. The Morgan fingerprint density at radius 1 is 1.36 bits per heavy atom. The highest BCUT2D eigenvalue weighted by Gasteiger charge is 2.16. The fourth-order valence-electron chi connectivity index (χ4n) is 0.961. The molecule has 0 rings (SSSR count). The highest BCUT2D eigenvalue weighted by molar-refractivity contribution is 4.67. The van der Waals surface area contributed by atoms with Crippen molar-refractivity contribution in [2.45, 2.75) is 32.5 Å². The van der Waals surface area contributed by atoms with Crippen LogP contribution in [0.15, 0.2) is 0 Å². The van der Waals surface area contributed by atoms with E-state index in [2.05, 4.69) is 0 Å². The molecular weight excluding hydrogens is 144 g/mol. The normalized spacial score (nSPS) is 19.4. The third-order valence-corrected chi connectivity index (χ3v) is 1.79. The van der Waals surface area contributed by atoms with E-state index >= 15 is 0 Å². The molecule has 0 aliphatic heterocycles. The van der Waals surface area contributed by atoms with Crippen LogP contribution in [0.25, 0.3) is 0 Å². The van der Waals surface area contributed by atoms with Crippen LogP contribution < -0.4 is 0 Å². The van der Waals surface area contributed by atoms with E-state index in [-0.39, 0.29) is 18.6 Å². The van der Waals surface area contributed by atoms with E-state index in [1.807, 2.05) is 6.92 Å². The number of hydrogen-bond donors (Lipinski definition) is 2. The molecule has 3 nitrogen and oxygen atoms in total. The first-order chi connectivity index (χ1) is 5.11. The second-order valence-electron chi connectivity index (χ2n) is 3.04. The lowest BCUT2D eigenvalue weighted by atomic mass is 10.0. The molecule has 1 unspecified atom stereocenters. The van der Waals surface area contributed by atoms with Gasteiger partial charge in [-0.1, -0.05) is 6.92 Å². The summed E-state index contributed by atoms with van der Waals surface area (Å²) in [4.78, 5) is 0. The van der Waals surface area contributed by atoms with E-state index in [1.165, 1.54) is 0 Å². The van der Waals surface area contributed by atoms with Crippen LogP contribution in [0.4, 0.5) is 0 Å². The molecule has 0 radical (unpaired) electrons. The molecule has 11 heavy (non-hydrogen) atoms. The minimum Gasteiger partial charge on any atom is -0.396 e. The molecule has 0 aromatic rings. The summed E-state index contributed by atoms with van der Waals surface area (Å²) >= 11 is 0. The van der Waals surface area contributed by atoms with Crippen molar-refractivity contribution in [3.63, 3.8) is 0 Å². The number of ether oxygens (including phenoxy) is 1. The molecule has 0 saturated heterocycles. The van der Waals surface area contributed by atoms with Gasteiger partial charge in [0.05, 0.1) is 12.2 Å². The van der Waals surface area contributed by atoms with Gasteiger partial charge in [0.2, 0.25) is 0 Å². The predicted molar refractivity (Wildman–Crippen MR) is 43.3 cm³/mol. The number of aliphatic hydroxyl groups is 2. The maximum atomic E-state index is 9.15. The van der Waals surface area contributed by atoms with Gasteiger partial charge in [0, 0.05) is 13.7 Å². The van der Waals surface area contributed by atoms with Crippen molar-refractivity contribution < 1.29 is 14.9 Å². The van der Waals surface area contributed by atoms with Gasteiger partial charge in [0.15, 0.2) is 0 Å². The highest BCUT2D eigenvalue weighted by atomic mass is 16.5. The first-order valence-electron chi connectivity index (χ1n) is 3.93. The van der Waals surface area contributed by atoms with E-state index in [0.717, 1.165) is 0 Å². The quantitative estimate of drug-likeness (QED) is 0.615. The SMILES string of the molecule is CO[C@@H](CC(C)CO)[C@@H](C)O. The molecule has 0 aliphatic rings. The fraction of sp³-hybridized carbons (Fsp3) is 1.00. The molecule has 0 saturated carbocycles. The van der Waals surface area contributed by atoms with Crippen molar-refractivity contribution >= 4 is 0 Å². The average molecular weight is 162 g/mol. The van der Waals surface area contributed by atoms with E-state index in [1.54, 1.807) is 14.0 Å². The second-order valence-corrected chi connectivity index (χ2v) is 3.04. The van der Waals surface area contributed by atoms with Gasteiger partial charge in [-0.05, 0) is 19.3 Å². The van der Waals surface area contributed by atoms with E-state index in [0.29, 0.717) is 6.42 Å². The third kappa shape index (κ3) is 4.35. The van der Waals surface area contributed by atoms with Crippen LogP contribution in [-0.4, -0.2) is 36.1 Å². The maximum absolute atomic E-state index is 9.15. The van der Waals surface area contributed by atoms with Gasteiger partial charge in [-0.25, -0.2) is 0 Å². The molecule has 0 bridgehead atoms. The Morgan fingerprint density at radius 3 is 2.18 bits per heavy atom. The van der Waals surface area contributed by atoms with Gasteiger partial charge >= 0.3 is 0 Å². The molecule has 2 N–H and O–H groups in total. The average Bonchev–Trinajstić information content (AvgIpc) is 1.99. The van der Waals surface area contributed by atoms with Gasteiger partial charge < -0.3 is 14.9 Å². The largest absolute Gasteiger partial charge is 0.396 e. The summed E-state index contributed by atoms with van der Waals surface area (Å²) in [5.41, 5.74) is 0. The zero-order chi connectivity index (χ0) is 8.85. The van der Waals surface area contributed by atoms with Crippen molar-refractivity contribution in [1.29, 1.82) is 0 Å². The van der Waals surface area contributed by atoms with Gasteiger partial charge in [-0.3, -0.25) is 0 Å². The molecule has 3 atom stereocenters. The van der Waals surface area contributed by atoms with Gasteiger partial charge in [-0.2, -0.15) is 0 Å². The molecule has 0 aromatic heterocycles. The van der Waals surface area contributed by atoms with Crippen molar-refractivity contribution in [1.82, 2.24) is 0 Å². The van der Waals surface area contributed by atoms with Crippen molar-refractivity contribution in [3.8, 4) is 0 Å². The van der Waals surface area contributed by atoms with Gasteiger partial charge in [0.1, 0.15) is 0 Å². The Hall–Kier alpha value is -0.120. The van der Waals surface area contributed by atoms with Crippen LogP contribution >= 0.6 is 0 Å². The second kappa shape index (κ2) is 5.52. The zero-order valence-corrected chi connectivity index (χ0v) is 7.45. The highest BCUT2D eigenvalue weighted by Crippen LogP contribution is 2.10. The van der Waals surface area contributed by atoms with Crippen LogP contribution in [-0.2, 0) is 4.74 Å². The summed E-state index contributed by atoms with van der Waals surface area (Å²) in [7, 11) is 1.57. The van der Waals surface area contributed by atoms with E-state index in [9.17, 15) is 0 Å². The van der Waals surface area contributed by atoms with E-state index < -0.39 is 6.10 Å². The maximum Gasteiger partial charge on any atom is 0.0830 e. The molecule has 0 amide bonds. The number of hydrogen-bond acceptors (Lipinski definition) is 3. The summed E-state index contributed by atoms with van der Waals surface area (Å²) in [6, 6.07) is 0. The molecule has 0 spiro atoms. The van der Waals surface area contributed by atoms with Crippen LogP contribution in [0.3, 0.4) is 0 Å². The van der Waals surface area contributed by atoms with E-state index in [4.69, 9.17) is 14.9 Å². The first kappa shape index (κ1) is 10.9. The summed E-state index contributed by atoms with van der Waals surface area (Å²) in [5.74, 6) is 0.189. The molecule has 0 fully saturated rings. The number of aliphatic hydroxyl groups excluding tert-OH is 2. The Bertz CT molecular complexity index is 93.3. The van der Waals surface area contributed by atoms with Crippen LogP contribution in [0.2, 0.25) is 0 Å². The Morgan fingerprint density at radius 2 is 1.91 bits per heavy atom. The molecule has 0 aromatic carbocycles. The summed E-state index contributed by atoms with van der Waals surface area (Å²) in [5, 5.41) is 17.9. The first-order valence-corrected chi connectivity index (χ1v) is 3.93. The minimum absolute atomic E-state index is 0.145. The summed E-state index contributed by atoms with van der Waals surface area (Å²) in [6.45, 7) is 3.76. The standard InChI is InChI=1S/C8H18O3/c1-6(5-9)4-8(11-3)7(2)10/h6-10H,4-5H2,1-3H3/t6?,7-,8+/m1/s1. The Kier molecular flexibility index (Phi) is 5.46. The molecule has 3 heteroatoms. The monoisotopic (exact) mass is 162 g/mol. The van der Waals surface area contributed by atoms with Crippen molar-refractivity contribution in [2.24, 2.45) is 5.92 Å². The fourth-order valence-corrected chi connectivity index (χ4v) is 0.961. The van der Waals surface area contributed by atoms with Crippen LogP contribution in [0.5, 0.6) is 0 Å². The lowest BCUT2D eigenvalue weighted by Crippen LogP contribution is -2.27. The van der Waals surface area contributed by atoms with Gasteiger partial charge in [-0.15, -0.1) is 0 Å². The third-order valence-electron chi connectivity index (χ3n) is 1.79. The molecular formula is C8H18O3. The summed E-state index contributed by atoms with van der Waals surface area (Å²) < 4.78 is 5.02. The number of methoxy groups -OCH3 is 1. The van der Waals surface area contributed by atoms with Crippen LogP contribution in [0, 0.1) is 5.92 Å². The molecule has 0 aliphatic carbocycles. The lowest BCUT2D eigenvalue weighted by molar-refractivity contribution is -0.0185. The van der Waals surface area contributed by atoms with Gasteiger partial charge in [0.25, 0.3) is 0 Å². The topological polar surface area (TPSA) is 49.7 Å². The minimum atomic E-state index is -0.464. The molecule has 68 valence electrons. The van der Waals surface area contributed by atoms with Crippen molar-refractivity contribution in [3.05, 3.63) is 0 Å². The lowest BCUT2D eigenvalue weighted by Gasteiger charge is -2.20. The summed E-state index contributed by atoms with van der Waals surface area (Å²) in [6.07, 6.45) is 0.0798. The Labute approximate surface area is 68.0 Å². The zero-order valence-electron chi connectivity index (χ0n) is 7.45. The number of rotatable bonds is 5. The van der Waals surface area contributed by atoms with Crippen LogP contribution in [0.1, 0.15) is 20.3 Å². The molecule has 0 heterocycles.